The van der Waals surface area contributed by atoms with Gasteiger partial charge >= 0.3 is 0 Å². The fraction of sp³-hybridized carbons (Fsp3) is 0.250. The lowest BCUT2D eigenvalue weighted by molar-refractivity contribution is 0.171. The van der Waals surface area contributed by atoms with Gasteiger partial charge in [-0.25, -0.2) is 0 Å². The zero-order chi connectivity index (χ0) is 23.1. The molecule has 2 aromatic carbocycles. The predicted molar refractivity (Wildman–Crippen MR) is 132 cm³/mol. The Morgan fingerprint density at radius 2 is 1.00 bits per heavy atom. The van der Waals surface area contributed by atoms with Gasteiger partial charge in [0.25, 0.3) is 0 Å². The van der Waals surface area contributed by atoms with Crippen LogP contribution in [0, 0.1) is 0 Å². The summed E-state index contributed by atoms with van der Waals surface area (Å²) in [5, 5.41) is 9.09. The maximum atomic E-state index is 5.72. The maximum Gasteiger partial charge on any atom is 0.162 e. The summed E-state index contributed by atoms with van der Waals surface area (Å²) in [5.41, 5.74) is 4.14. The molecule has 34 heavy (non-hydrogen) atoms. The molecule has 0 aliphatic carbocycles. The van der Waals surface area contributed by atoms with Crippen LogP contribution in [0.15, 0.2) is 58.0 Å². The van der Waals surface area contributed by atoms with Crippen molar-refractivity contribution in [3.63, 3.8) is 0 Å². The fourth-order valence-electron chi connectivity index (χ4n) is 4.00. The van der Waals surface area contributed by atoms with Gasteiger partial charge in [0.1, 0.15) is 26.4 Å². The first kappa shape index (κ1) is 21.5. The van der Waals surface area contributed by atoms with Crippen LogP contribution in [0.4, 0.5) is 0 Å². The summed E-state index contributed by atoms with van der Waals surface area (Å²) in [6, 6.07) is 7.91. The molecule has 174 valence electrons. The molecule has 0 saturated heterocycles. The highest BCUT2D eigenvalue weighted by Gasteiger charge is 2.17. The summed E-state index contributed by atoms with van der Waals surface area (Å²) in [6.45, 7) is 3.48. The van der Waals surface area contributed by atoms with E-state index in [-0.39, 0.29) is 0 Å². The minimum atomic E-state index is 0.562. The van der Waals surface area contributed by atoms with Gasteiger partial charge in [0.05, 0.1) is 25.5 Å². The number of fused-ring (bicyclic) bond motifs is 2. The van der Waals surface area contributed by atoms with Crippen LogP contribution >= 0.6 is 31.9 Å². The van der Waals surface area contributed by atoms with E-state index in [0.717, 1.165) is 54.2 Å². The van der Waals surface area contributed by atoms with Crippen LogP contribution < -0.4 is 18.9 Å². The minimum absolute atomic E-state index is 0.562. The largest absolute Gasteiger partial charge is 0.486 e. The lowest BCUT2D eigenvalue weighted by atomic mass is 10.2. The van der Waals surface area contributed by atoms with Crippen LogP contribution in [0.2, 0.25) is 0 Å². The van der Waals surface area contributed by atoms with Crippen molar-refractivity contribution >= 4 is 31.9 Å². The Morgan fingerprint density at radius 1 is 0.618 bits per heavy atom. The Morgan fingerprint density at radius 3 is 1.41 bits per heavy atom. The Bertz CT molecular complexity index is 1260. The van der Waals surface area contributed by atoms with E-state index in [1.54, 1.807) is 0 Å². The number of hydrogen-bond donors (Lipinski definition) is 0. The van der Waals surface area contributed by atoms with Crippen molar-refractivity contribution in [3.05, 3.63) is 69.1 Å². The molecule has 0 fully saturated rings. The van der Waals surface area contributed by atoms with Crippen molar-refractivity contribution in [2.45, 2.75) is 13.1 Å². The minimum Gasteiger partial charge on any atom is -0.486 e. The number of nitrogens with zero attached hydrogens (tertiary/aromatic N) is 4. The lowest BCUT2D eigenvalue weighted by Crippen LogP contribution is -2.16. The van der Waals surface area contributed by atoms with Crippen molar-refractivity contribution < 1.29 is 18.9 Å². The van der Waals surface area contributed by atoms with Gasteiger partial charge in [-0.15, -0.1) is 0 Å². The number of hydrogen-bond acceptors (Lipinski definition) is 6. The molecule has 4 heterocycles. The Kier molecular flexibility index (Phi) is 5.70. The van der Waals surface area contributed by atoms with Crippen molar-refractivity contribution in [2.24, 2.45) is 0 Å². The van der Waals surface area contributed by atoms with Gasteiger partial charge in [-0.05, 0) is 35.4 Å². The van der Waals surface area contributed by atoms with Crippen molar-refractivity contribution in [1.29, 1.82) is 0 Å². The normalized spacial score (nSPS) is 14.3. The summed E-state index contributed by atoms with van der Waals surface area (Å²) in [7, 11) is 0. The third-order valence-electron chi connectivity index (χ3n) is 5.69. The molecule has 6 rings (SSSR count). The van der Waals surface area contributed by atoms with Crippen molar-refractivity contribution in [2.75, 3.05) is 26.4 Å². The van der Waals surface area contributed by atoms with E-state index in [0.29, 0.717) is 39.5 Å². The van der Waals surface area contributed by atoms with E-state index in [1.165, 1.54) is 0 Å². The van der Waals surface area contributed by atoms with Crippen molar-refractivity contribution in [3.8, 4) is 34.1 Å². The molecule has 10 heteroatoms. The second kappa shape index (κ2) is 8.99. The van der Waals surface area contributed by atoms with Crippen LogP contribution in [-0.4, -0.2) is 46.0 Å². The van der Waals surface area contributed by atoms with Crippen LogP contribution in [0.25, 0.3) is 11.1 Å². The fourth-order valence-corrected chi connectivity index (χ4v) is 4.90. The molecular weight excluding hydrogens is 568 g/mol. The molecule has 4 aromatic rings. The molecule has 8 nitrogen and oxygen atoms in total. The molecule has 2 aliphatic heterocycles. The molecule has 0 unspecified atom stereocenters. The molecule has 2 aliphatic rings. The summed E-state index contributed by atoms with van der Waals surface area (Å²) >= 11 is 7.28. The van der Waals surface area contributed by atoms with E-state index in [2.05, 4.69) is 42.1 Å². The summed E-state index contributed by atoms with van der Waals surface area (Å²) in [6.07, 6.45) is 7.75. The van der Waals surface area contributed by atoms with Gasteiger partial charge in [0.2, 0.25) is 0 Å². The lowest BCUT2D eigenvalue weighted by Gasteiger charge is -2.20. The average Bonchev–Trinajstić information content (AvgIpc) is 3.50. The highest BCUT2D eigenvalue weighted by Crippen LogP contribution is 2.37. The monoisotopic (exact) mass is 586 g/mol. The molecule has 0 bridgehead atoms. The first-order chi connectivity index (χ1) is 16.6. The van der Waals surface area contributed by atoms with E-state index >= 15 is 0 Å². The number of ether oxygens (including phenoxy) is 4. The topological polar surface area (TPSA) is 72.6 Å². The Labute approximate surface area is 212 Å². The van der Waals surface area contributed by atoms with Gasteiger partial charge < -0.3 is 18.9 Å². The zero-order valence-electron chi connectivity index (χ0n) is 18.0. The smallest absolute Gasteiger partial charge is 0.162 e. The third-order valence-corrected chi connectivity index (χ3v) is 7.16. The molecule has 0 N–H and O–H groups in total. The van der Waals surface area contributed by atoms with E-state index in [9.17, 15) is 0 Å². The first-order valence-electron chi connectivity index (χ1n) is 10.8. The van der Waals surface area contributed by atoms with Crippen LogP contribution in [0.3, 0.4) is 0 Å². The SMILES string of the molecule is Brc1cc2c(cc1Cn1cc(-c3cnn(Cc4cc5c(cc4Br)OCCO5)c3)cn1)OCCO2. The number of rotatable bonds is 5. The highest BCUT2D eigenvalue weighted by atomic mass is 79.9. The van der Waals surface area contributed by atoms with Gasteiger partial charge in [0.15, 0.2) is 23.0 Å². The van der Waals surface area contributed by atoms with Crippen LogP contribution in [0.1, 0.15) is 11.1 Å². The number of aromatic nitrogens is 4. The second-order valence-electron chi connectivity index (χ2n) is 8.03. The maximum absolute atomic E-state index is 5.72. The van der Waals surface area contributed by atoms with Gasteiger partial charge in [-0.1, -0.05) is 31.9 Å². The summed E-state index contributed by atoms with van der Waals surface area (Å²) in [5.74, 6) is 3.06. The highest BCUT2D eigenvalue weighted by molar-refractivity contribution is 9.10. The van der Waals surface area contributed by atoms with E-state index in [1.807, 2.05) is 58.4 Å². The summed E-state index contributed by atoms with van der Waals surface area (Å²) < 4.78 is 28.5. The molecule has 0 atom stereocenters. The van der Waals surface area contributed by atoms with Crippen LogP contribution in [0.5, 0.6) is 23.0 Å². The van der Waals surface area contributed by atoms with Gasteiger partial charge in [-0.3, -0.25) is 9.36 Å². The third kappa shape index (κ3) is 4.27. The second-order valence-corrected chi connectivity index (χ2v) is 9.74. The predicted octanol–water partition coefficient (Wildman–Crippen LogP) is 4.91. The number of halogens is 2. The molecule has 2 aromatic heterocycles. The standard InChI is InChI=1S/C24H20Br2N4O4/c25-19-7-23-21(31-1-3-33-23)5-15(19)11-29-13-17(9-27-29)18-10-28-30(14-18)12-16-6-22-24(8-20(16)26)34-4-2-32-22/h5-10,13-14H,1-4,11-12H2. The summed E-state index contributed by atoms with van der Waals surface area (Å²) in [4.78, 5) is 0. The van der Waals surface area contributed by atoms with Crippen LogP contribution in [-0.2, 0) is 13.1 Å². The van der Waals surface area contributed by atoms with Gasteiger partial charge in [0, 0.05) is 32.5 Å². The Balaban J connectivity index is 1.18. The number of benzene rings is 2. The van der Waals surface area contributed by atoms with Gasteiger partial charge in [-0.2, -0.15) is 10.2 Å². The zero-order valence-corrected chi connectivity index (χ0v) is 21.2. The molecule has 0 radical (unpaired) electrons. The molecular formula is C24H20Br2N4O4. The van der Waals surface area contributed by atoms with E-state index in [4.69, 9.17) is 18.9 Å². The molecule has 0 amide bonds. The van der Waals surface area contributed by atoms with E-state index < -0.39 is 0 Å². The first-order valence-corrected chi connectivity index (χ1v) is 12.4. The van der Waals surface area contributed by atoms with Crippen molar-refractivity contribution in [1.82, 2.24) is 19.6 Å². The average molecular weight is 588 g/mol. The quantitative estimate of drug-likeness (QED) is 0.330. The molecule has 0 saturated carbocycles. The Hall–Kier alpha value is -2.98. The molecule has 0 spiro atoms.